The molecule has 0 fully saturated rings. The molecule has 0 aromatic heterocycles. The van der Waals surface area contributed by atoms with E-state index >= 15 is 0 Å². The Morgan fingerprint density at radius 2 is 1.93 bits per heavy atom. The van der Waals surface area contributed by atoms with Crippen molar-refractivity contribution in [2.75, 3.05) is 38.7 Å². The lowest BCUT2D eigenvalue weighted by atomic mass is 10.1. The highest BCUT2D eigenvalue weighted by molar-refractivity contribution is 6.22. The summed E-state index contributed by atoms with van der Waals surface area (Å²) < 4.78 is 9.82. The van der Waals surface area contributed by atoms with Gasteiger partial charge in [-0.3, -0.25) is 4.79 Å². The van der Waals surface area contributed by atoms with E-state index in [2.05, 4.69) is 5.32 Å². The van der Waals surface area contributed by atoms with Crippen LogP contribution in [-0.2, 0) is 14.3 Å². The molecule has 0 saturated carbocycles. The number of carbonyl (C=O) groups excluding carboxylic acids is 1. The zero-order valence-corrected chi connectivity index (χ0v) is 10.5. The van der Waals surface area contributed by atoms with E-state index in [1.807, 2.05) is 0 Å². The van der Waals surface area contributed by atoms with Crippen molar-refractivity contribution in [2.45, 2.75) is 12.5 Å². The molecule has 0 rings (SSSR count). The molecule has 0 aliphatic carbocycles. The molecule has 0 spiro atoms. The van der Waals surface area contributed by atoms with Gasteiger partial charge in [0, 0.05) is 18.9 Å². The maximum absolute atomic E-state index is 11.3. The number of amides is 1. The first-order chi connectivity index (χ1) is 7.08. The smallest absolute Gasteiger partial charge is 0.246 e. The van der Waals surface area contributed by atoms with Crippen LogP contribution in [0.2, 0.25) is 0 Å². The number of alkyl halides is 2. The van der Waals surface area contributed by atoms with Gasteiger partial charge in [-0.05, 0) is 6.92 Å². The van der Waals surface area contributed by atoms with Crippen LogP contribution >= 0.6 is 23.2 Å². The van der Waals surface area contributed by atoms with Crippen molar-refractivity contribution in [1.82, 2.24) is 5.32 Å². The molecule has 15 heavy (non-hydrogen) atoms. The number of ether oxygens (including phenoxy) is 2. The normalized spacial score (nSPS) is 11.5. The number of nitrogens with one attached hydrogen (secondary N) is 1. The van der Waals surface area contributed by atoms with Crippen molar-refractivity contribution < 1.29 is 14.3 Å². The summed E-state index contributed by atoms with van der Waals surface area (Å²) in [6, 6.07) is 0. The quantitative estimate of drug-likeness (QED) is 0.522. The Hall–Kier alpha value is -0.0300. The van der Waals surface area contributed by atoms with Crippen molar-refractivity contribution in [1.29, 1.82) is 0 Å². The van der Waals surface area contributed by atoms with Crippen LogP contribution in [0.3, 0.4) is 0 Å². The van der Waals surface area contributed by atoms with Crippen LogP contribution < -0.4 is 5.32 Å². The van der Waals surface area contributed by atoms with Gasteiger partial charge in [0.05, 0.1) is 18.8 Å². The van der Waals surface area contributed by atoms with Gasteiger partial charge >= 0.3 is 0 Å². The van der Waals surface area contributed by atoms with Gasteiger partial charge in [0.2, 0.25) is 5.91 Å². The molecule has 0 aromatic rings. The maximum Gasteiger partial charge on any atom is 0.246 e. The van der Waals surface area contributed by atoms with Gasteiger partial charge < -0.3 is 14.8 Å². The van der Waals surface area contributed by atoms with Crippen molar-refractivity contribution in [3.63, 3.8) is 0 Å². The molecule has 0 aliphatic heterocycles. The van der Waals surface area contributed by atoms with Crippen LogP contribution in [0.5, 0.6) is 0 Å². The Labute approximate surface area is 100 Å². The Balaban J connectivity index is 3.72. The summed E-state index contributed by atoms with van der Waals surface area (Å²) in [7, 11) is 1.57. The predicted octanol–water partition coefficient (Wildman–Crippen LogP) is 1.00. The topological polar surface area (TPSA) is 47.6 Å². The van der Waals surface area contributed by atoms with Crippen molar-refractivity contribution in [3.05, 3.63) is 0 Å². The Morgan fingerprint density at radius 3 is 2.40 bits per heavy atom. The molecule has 0 saturated heterocycles. The molecule has 0 aromatic carbocycles. The summed E-state index contributed by atoms with van der Waals surface area (Å²) in [6.45, 7) is 2.63. The summed E-state index contributed by atoms with van der Waals surface area (Å²) in [6.07, 6.45) is 0. The van der Waals surface area contributed by atoms with Crippen molar-refractivity contribution in [3.8, 4) is 0 Å². The standard InChI is InChI=1S/C9H17Cl2NO3/c1-9(6-10,7-11)12-8(13)5-15-4-3-14-2/h3-7H2,1-2H3,(H,12,13). The lowest BCUT2D eigenvalue weighted by Crippen LogP contribution is -2.50. The van der Waals surface area contributed by atoms with Crippen LogP contribution in [0.25, 0.3) is 0 Å². The monoisotopic (exact) mass is 257 g/mol. The molecule has 0 unspecified atom stereocenters. The summed E-state index contributed by atoms with van der Waals surface area (Å²) in [5, 5.41) is 2.70. The van der Waals surface area contributed by atoms with Gasteiger partial charge in [0.15, 0.2) is 0 Å². The fourth-order valence-corrected chi connectivity index (χ4v) is 1.20. The number of methoxy groups -OCH3 is 1. The summed E-state index contributed by atoms with van der Waals surface area (Å²) >= 11 is 11.4. The summed E-state index contributed by atoms with van der Waals surface area (Å²) in [4.78, 5) is 11.3. The number of rotatable bonds is 8. The molecule has 1 N–H and O–H groups in total. The Bertz CT molecular complexity index is 186. The average Bonchev–Trinajstić information content (AvgIpc) is 2.24. The molecule has 6 heteroatoms. The lowest BCUT2D eigenvalue weighted by Gasteiger charge is -2.25. The van der Waals surface area contributed by atoms with Crippen LogP contribution in [-0.4, -0.2) is 50.1 Å². The fraction of sp³-hybridized carbons (Fsp3) is 0.889. The minimum Gasteiger partial charge on any atom is -0.382 e. The number of carbonyl (C=O) groups is 1. The first-order valence-electron chi connectivity index (χ1n) is 4.57. The van der Waals surface area contributed by atoms with E-state index in [0.717, 1.165) is 0 Å². The van der Waals surface area contributed by atoms with Gasteiger partial charge in [-0.2, -0.15) is 0 Å². The van der Waals surface area contributed by atoms with E-state index in [1.165, 1.54) is 0 Å². The second-order valence-electron chi connectivity index (χ2n) is 3.42. The molecule has 1 amide bonds. The number of hydrogen-bond donors (Lipinski definition) is 1. The highest BCUT2D eigenvalue weighted by atomic mass is 35.5. The van der Waals surface area contributed by atoms with Gasteiger partial charge in [0.1, 0.15) is 6.61 Å². The average molecular weight is 258 g/mol. The van der Waals surface area contributed by atoms with E-state index in [0.29, 0.717) is 13.2 Å². The number of halogens is 2. The van der Waals surface area contributed by atoms with E-state index in [-0.39, 0.29) is 24.3 Å². The third-order valence-corrected chi connectivity index (χ3v) is 2.88. The van der Waals surface area contributed by atoms with E-state index in [9.17, 15) is 4.79 Å². The van der Waals surface area contributed by atoms with E-state index < -0.39 is 5.54 Å². The first kappa shape index (κ1) is 15.0. The van der Waals surface area contributed by atoms with Crippen molar-refractivity contribution in [2.24, 2.45) is 0 Å². The molecule has 0 bridgehead atoms. The number of hydrogen-bond acceptors (Lipinski definition) is 3. The highest BCUT2D eigenvalue weighted by Gasteiger charge is 2.23. The minimum absolute atomic E-state index is 0.00721. The third kappa shape index (κ3) is 6.95. The molecular weight excluding hydrogens is 241 g/mol. The lowest BCUT2D eigenvalue weighted by molar-refractivity contribution is -0.127. The molecule has 0 aliphatic rings. The fourth-order valence-electron chi connectivity index (χ4n) is 0.782. The Morgan fingerprint density at radius 1 is 1.33 bits per heavy atom. The van der Waals surface area contributed by atoms with Gasteiger partial charge in [-0.25, -0.2) is 0 Å². The first-order valence-corrected chi connectivity index (χ1v) is 5.64. The summed E-state index contributed by atoms with van der Waals surface area (Å²) in [5.74, 6) is 0.301. The second-order valence-corrected chi connectivity index (χ2v) is 3.96. The largest absolute Gasteiger partial charge is 0.382 e. The zero-order valence-electron chi connectivity index (χ0n) is 9.02. The van der Waals surface area contributed by atoms with E-state index in [1.54, 1.807) is 14.0 Å². The highest BCUT2D eigenvalue weighted by Crippen LogP contribution is 2.08. The SMILES string of the molecule is COCCOCC(=O)NC(C)(CCl)CCl. The van der Waals surface area contributed by atoms with E-state index in [4.69, 9.17) is 32.7 Å². The van der Waals surface area contributed by atoms with Crippen LogP contribution in [0.15, 0.2) is 0 Å². The third-order valence-electron chi connectivity index (χ3n) is 1.70. The van der Waals surface area contributed by atoms with Crippen LogP contribution in [0.1, 0.15) is 6.92 Å². The van der Waals surface area contributed by atoms with Crippen LogP contribution in [0.4, 0.5) is 0 Å². The van der Waals surface area contributed by atoms with Gasteiger partial charge in [-0.1, -0.05) is 0 Å². The van der Waals surface area contributed by atoms with Crippen molar-refractivity contribution >= 4 is 29.1 Å². The van der Waals surface area contributed by atoms with Crippen LogP contribution in [0, 0.1) is 0 Å². The molecule has 0 radical (unpaired) electrons. The molecule has 4 nitrogen and oxygen atoms in total. The minimum atomic E-state index is -0.579. The van der Waals surface area contributed by atoms with Gasteiger partial charge in [-0.15, -0.1) is 23.2 Å². The molecular formula is C9H17Cl2NO3. The molecule has 0 atom stereocenters. The maximum atomic E-state index is 11.3. The molecule has 0 heterocycles. The van der Waals surface area contributed by atoms with Gasteiger partial charge in [0.25, 0.3) is 0 Å². The zero-order chi connectivity index (χ0) is 11.7. The summed E-state index contributed by atoms with van der Waals surface area (Å²) in [5.41, 5.74) is -0.579. The predicted molar refractivity (Wildman–Crippen MR) is 60.7 cm³/mol. The molecule has 90 valence electrons. The Kier molecular flexibility index (Phi) is 8.14. The second kappa shape index (κ2) is 8.16.